The van der Waals surface area contributed by atoms with E-state index in [-0.39, 0.29) is 11.5 Å². The van der Waals surface area contributed by atoms with E-state index in [1.807, 2.05) is 6.07 Å². The number of aromatic hydroxyl groups is 2. The van der Waals surface area contributed by atoms with Crippen LogP contribution in [0.25, 0.3) is 0 Å². The second kappa shape index (κ2) is 3.98. The molecule has 4 nitrogen and oxygen atoms in total. The van der Waals surface area contributed by atoms with E-state index in [9.17, 15) is 10.2 Å². The van der Waals surface area contributed by atoms with Crippen LogP contribution >= 0.6 is 0 Å². The zero-order chi connectivity index (χ0) is 10.8. The van der Waals surface area contributed by atoms with Gasteiger partial charge < -0.3 is 20.4 Å². The Morgan fingerprint density at radius 1 is 1.33 bits per heavy atom. The first-order valence-corrected chi connectivity index (χ1v) is 5.17. The molecule has 0 saturated carbocycles. The molecule has 0 bridgehead atoms. The van der Waals surface area contributed by atoms with Gasteiger partial charge in [0.1, 0.15) is 0 Å². The van der Waals surface area contributed by atoms with E-state index in [2.05, 4.69) is 17.1 Å². The summed E-state index contributed by atoms with van der Waals surface area (Å²) in [6, 6.07) is 5.41. The number of rotatable bonds is 1. The summed E-state index contributed by atoms with van der Waals surface area (Å²) in [7, 11) is 0. The van der Waals surface area contributed by atoms with Crippen LogP contribution in [0.15, 0.2) is 18.2 Å². The van der Waals surface area contributed by atoms with Crippen molar-refractivity contribution in [2.24, 2.45) is 0 Å². The lowest BCUT2D eigenvalue weighted by Crippen LogP contribution is -2.49. The van der Waals surface area contributed by atoms with Gasteiger partial charge in [-0.05, 0) is 19.1 Å². The van der Waals surface area contributed by atoms with Gasteiger partial charge in [-0.15, -0.1) is 0 Å². The van der Waals surface area contributed by atoms with Crippen molar-refractivity contribution < 1.29 is 10.2 Å². The molecule has 1 aromatic rings. The molecule has 1 saturated heterocycles. The fourth-order valence-corrected chi connectivity index (χ4v) is 1.88. The van der Waals surface area contributed by atoms with E-state index in [1.165, 1.54) is 6.07 Å². The van der Waals surface area contributed by atoms with Gasteiger partial charge in [0.05, 0.1) is 0 Å². The smallest absolute Gasteiger partial charge is 0.159 e. The topological polar surface area (TPSA) is 55.7 Å². The van der Waals surface area contributed by atoms with Crippen LogP contribution in [-0.4, -0.2) is 35.9 Å². The van der Waals surface area contributed by atoms with E-state index in [0.717, 1.165) is 25.3 Å². The summed E-state index contributed by atoms with van der Waals surface area (Å²) in [4.78, 5) is 2.19. The molecular weight excluding hydrogens is 192 g/mol. The van der Waals surface area contributed by atoms with Crippen molar-refractivity contribution in [1.29, 1.82) is 0 Å². The molecule has 0 amide bonds. The minimum absolute atomic E-state index is 0.0568. The number of anilines is 1. The van der Waals surface area contributed by atoms with E-state index in [1.54, 1.807) is 6.07 Å². The average molecular weight is 208 g/mol. The summed E-state index contributed by atoms with van der Waals surface area (Å²) in [5, 5.41) is 22.0. The molecule has 1 atom stereocenters. The number of benzene rings is 1. The van der Waals surface area contributed by atoms with Crippen LogP contribution in [-0.2, 0) is 0 Å². The van der Waals surface area contributed by atoms with Crippen molar-refractivity contribution in [3.63, 3.8) is 0 Å². The van der Waals surface area contributed by atoms with Gasteiger partial charge in [0.2, 0.25) is 0 Å². The highest BCUT2D eigenvalue weighted by Gasteiger charge is 2.16. The second-order valence-corrected chi connectivity index (χ2v) is 3.97. The lowest BCUT2D eigenvalue weighted by molar-refractivity contribution is 0.403. The second-order valence-electron chi connectivity index (χ2n) is 3.97. The molecule has 0 spiro atoms. The molecule has 0 radical (unpaired) electrons. The first kappa shape index (κ1) is 10.1. The molecule has 1 fully saturated rings. The predicted octanol–water partition coefficient (Wildman–Crippen LogP) is 0.896. The van der Waals surface area contributed by atoms with Gasteiger partial charge in [-0.25, -0.2) is 0 Å². The van der Waals surface area contributed by atoms with Gasteiger partial charge in [-0.3, -0.25) is 0 Å². The Bertz CT molecular complexity index is 354. The summed E-state index contributed by atoms with van der Waals surface area (Å²) >= 11 is 0. The Hall–Kier alpha value is -1.42. The zero-order valence-corrected chi connectivity index (χ0v) is 8.77. The maximum atomic E-state index is 9.40. The van der Waals surface area contributed by atoms with Gasteiger partial charge in [-0.2, -0.15) is 0 Å². The molecular formula is C11H16N2O2. The Kier molecular flexibility index (Phi) is 2.68. The van der Waals surface area contributed by atoms with Crippen LogP contribution in [0.5, 0.6) is 11.5 Å². The first-order valence-electron chi connectivity index (χ1n) is 5.17. The Morgan fingerprint density at radius 2 is 2.13 bits per heavy atom. The van der Waals surface area contributed by atoms with E-state index in [4.69, 9.17) is 0 Å². The lowest BCUT2D eigenvalue weighted by Gasteiger charge is -2.33. The molecule has 3 N–H and O–H groups in total. The molecule has 82 valence electrons. The van der Waals surface area contributed by atoms with Crippen molar-refractivity contribution >= 4 is 5.69 Å². The fraction of sp³-hybridized carbons (Fsp3) is 0.455. The van der Waals surface area contributed by atoms with Gasteiger partial charge in [0.15, 0.2) is 11.5 Å². The average Bonchev–Trinajstić information content (AvgIpc) is 2.22. The highest BCUT2D eigenvalue weighted by molar-refractivity contribution is 5.55. The minimum atomic E-state index is -0.0677. The number of nitrogens with zero attached hydrogens (tertiary/aromatic N) is 1. The van der Waals surface area contributed by atoms with Crippen molar-refractivity contribution in [3.05, 3.63) is 18.2 Å². The number of hydrogen-bond acceptors (Lipinski definition) is 4. The van der Waals surface area contributed by atoms with Crippen LogP contribution in [0.3, 0.4) is 0 Å². The first-order chi connectivity index (χ1) is 7.16. The standard InChI is InChI=1S/C11H16N2O2/c1-8-7-13(5-4-12-8)9-2-3-10(14)11(15)6-9/h2-3,6,8,12,14-15H,4-5,7H2,1H3. The maximum Gasteiger partial charge on any atom is 0.159 e. The predicted molar refractivity (Wildman–Crippen MR) is 59.4 cm³/mol. The van der Waals surface area contributed by atoms with E-state index >= 15 is 0 Å². The van der Waals surface area contributed by atoms with Gasteiger partial charge in [-0.1, -0.05) is 0 Å². The molecule has 1 aromatic carbocycles. The van der Waals surface area contributed by atoms with E-state index < -0.39 is 0 Å². The van der Waals surface area contributed by atoms with Crippen molar-refractivity contribution in [2.75, 3.05) is 24.5 Å². The molecule has 1 heterocycles. The monoisotopic (exact) mass is 208 g/mol. The van der Waals surface area contributed by atoms with Crippen molar-refractivity contribution in [2.45, 2.75) is 13.0 Å². The number of hydrogen-bond donors (Lipinski definition) is 3. The lowest BCUT2D eigenvalue weighted by atomic mass is 10.2. The number of piperazine rings is 1. The number of phenols is 2. The van der Waals surface area contributed by atoms with Crippen LogP contribution in [0.1, 0.15) is 6.92 Å². The summed E-state index contributed by atoms with van der Waals surface area (Å²) < 4.78 is 0. The van der Waals surface area contributed by atoms with Crippen molar-refractivity contribution in [1.82, 2.24) is 5.32 Å². The van der Waals surface area contributed by atoms with Gasteiger partial charge >= 0.3 is 0 Å². The molecule has 1 unspecified atom stereocenters. The van der Waals surface area contributed by atoms with Crippen LogP contribution in [0, 0.1) is 0 Å². The fourth-order valence-electron chi connectivity index (χ4n) is 1.88. The van der Waals surface area contributed by atoms with Crippen molar-refractivity contribution in [3.8, 4) is 11.5 Å². The zero-order valence-electron chi connectivity index (χ0n) is 8.77. The Labute approximate surface area is 89.1 Å². The largest absolute Gasteiger partial charge is 0.504 e. The highest BCUT2D eigenvalue weighted by Crippen LogP contribution is 2.29. The highest BCUT2D eigenvalue weighted by atomic mass is 16.3. The van der Waals surface area contributed by atoms with E-state index in [0.29, 0.717) is 6.04 Å². The maximum absolute atomic E-state index is 9.40. The van der Waals surface area contributed by atoms with Crippen LogP contribution < -0.4 is 10.2 Å². The van der Waals surface area contributed by atoms with Crippen LogP contribution in [0.4, 0.5) is 5.69 Å². The molecule has 0 aromatic heterocycles. The number of nitrogens with one attached hydrogen (secondary N) is 1. The quantitative estimate of drug-likeness (QED) is 0.600. The molecule has 4 heteroatoms. The van der Waals surface area contributed by atoms with Gasteiger partial charge in [0, 0.05) is 37.4 Å². The SMILES string of the molecule is CC1CN(c2ccc(O)c(O)c2)CCN1. The van der Waals surface area contributed by atoms with Crippen LogP contribution in [0.2, 0.25) is 0 Å². The summed E-state index contributed by atoms with van der Waals surface area (Å²) in [5.41, 5.74) is 0.957. The summed E-state index contributed by atoms with van der Waals surface area (Å²) in [5.74, 6) is -0.124. The molecule has 15 heavy (non-hydrogen) atoms. The molecule has 2 rings (SSSR count). The Balaban J connectivity index is 2.18. The molecule has 1 aliphatic rings. The molecule has 0 aliphatic carbocycles. The van der Waals surface area contributed by atoms with Gasteiger partial charge in [0.25, 0.3) is 0 Å². The summed E-state index contributed by atoms with van der Waals surface area (Å²) in [6.45, 7) is 4.92. The molecule has 1 aliphatic heterocycles. The normalized spacial score (nSPS) is 21.7. The Morgan fingerprint density at radius 3 is 2.80 bits per heavy atom. The number of phenolic OH excluding ortho intramolecular Hbond substituents is 2. The third kappa shape index (κ3) is 2.15. The minimum Gasteiger partial charge on any atom is -0.504 e. The third-order valence-electron chi connectivity index (χ3n) is 2.69. The third-order valence-corrected chi connectivity index (χ3v) is 2.69. The summed E-state index contributed by atoms with van der Waals surface area (Å²) in [6.07, 6.45) is 0.